The molecule has 108 heavy (non-hydrogen) atoms. The fraction of sp³-hybridized carbons (Fsp3) is 0.818. The highest BCUT2D eigenvalue weighted by molar-refractivity contribution is 6.01. The summed E-state index contributed by atoms with van der Waals surface area (Å²) in [6.45, 7) is 12.9. The zero-order chi connectivity index (χ0) is 80.6. The molecule has 610 valence electrons. The first-order valence-corrected chi connectivity index (χ1v) is 39.1. The fourth-order valence-corrected chi connectivity index (χ4v) is 18.2. The zero-order valence-corrected chi connectivity index (χ0v) is 66.5. The topological polar surface area (TPSA) is 279 Å². The molecule has 3 heterocycles. The highest BCUT2D eigenvalue weighted by atomic mass is 19.4. The van der Waals surface area contributed by atoms with E-state index in [1.807, 2.05) is 20.8 Å². The molecule has 3 unspecified atom stereocenters. The molecule has 0 radical (unpaired) electrons. The van der Waals surface area contributed by atoms with Gasteiger partial charge in [0.05, 0.1) is 37.5 Å². The van der Waals surface area contributed by atoms with Crippen molar-refractivity contribution in [2.24, 2.45) is 52.8 Å². The number of carbonyl (C=O) groups is 12. The molecule has 31 heteroatoms. The maximum absolute atomic E-state index is 15.8. The lowest BCUT2D eigenvalue weighted by Crippen LogP contribution is -2.71. The molecule has 2 bridgehead atoms. The lowest BCUT2D eigenvalue weighted by molar-refractivity contribution is -0.215. The van der Waals surface area contributed by atoms with Gasteiger partial charge in [-0.2, -0.15) is 26.3 Å². The number of hydrogen-bond donors (Lipinski definition) is 3. The molecule has 0 aromatic carbocycles. The van der Waals surface area contributed by atoms with Crippen LogP contribution in [0.3, 0.4) is 0 Å². The Bertz CT molecular complexity index is 3260. The van der Waals surface area contributed by atoms with Crippen molar-refractivity contribution in [2.45, 2.75) is 263 Å². The number of methoxy groups -OCH3 is 1. The molecule has 1 spiro atoms. The van der Waals surface area contributed by atoms with Crippen molar-refractivity contribution in [2.75, 3.05) is 89.2 Å². The fourth-order valence-electron chi connectivity index (χ4n) is 18.2. The second-order valence-electron chi connectivity index (χ2n) is 33.7. The van der Waals surface area contributed by atoms with Crippen molar-refractivity contribution in [1.82, 2.24) is 60.0 Å². The van der Waals surface area contributed by atoms with Gasteiger partial charge in [0, 0.05) is 76.1 Å². The molecular formula is C77H122F6N12O13. The number of halogens is 6. The van der Waals surface area contributed by atoms with Gasteiger partial charge >= 0.3 is 12.4 Å². The van der Waals surface area contributed by atoms with E-state index in [-0.39, 0.29) is 122 Å². The third kappa shape index (κ3) is 20.9. The average Bonchev–Trinajstić information content (AvgIpc) is 0.930. The van der Waals surface area contributed by atoms with E-state index < -0.39 is 210 Å². The summed E-state index contributed by atoms with van der Waals surface area (Å²) in [5.41, 5.74) is -2.19. The van der Waals surface area contributed by atoms with E-state index in [2.05, 4.69) is 16.0 Å². The minimum Gasteiger partial charge on any atom is -0.381 e. The Morgan fingerprint density at radius 3 is 1.86 bits per heavy atom. The second kappa shape index (κ2) is 36.8. The van der Waals surface area contributed by atoms with E-state index in [0.29, 0.717) is 32.1 Å². The first-order valence-electron chi connectivity index (χ1n) is 39.1. The minimum absolute atomic E-state index is 0.0152. The van der Waals surface area contributed by atoms with Crippen molar-refractivity contribution in [3.8, 4) is 0 Å². The molecule has 6 fully saturated rings. The molecule has 4 aliphatic carbocycles. The van der Waals surface area contributed by atoms with Crippen LogP contribution in [0.15, 0.2) is 12.2 Å². The number of amides is 12. The van der Waals surface area contributed by atoms with Crippen LogP contribution < -0.4 is 16.0 Å². The summed E-state index contributed by atoms with van der Waals surface area (Å²) in [7, 11) is 11.0. The molecule has 0 aromatic rings. The van der Waals surface area contributed by atoms with Crippen LogP contribution in [-0.2, 0) is 62.3 Å². The number of nitrogens with zero attached hydrogens (tertiary/aromatic N) is 9. The van der Waals surface area contributed by atoms with Crippen molar-refractivity contribution >= 4 is 70.9 Å². The van der Waals surface area contributed by atoms with Crippen LogP contribution in [0.1, 0.15) is 190 Å². The summed E-state index contributed by atoms with van der Waals surface area (Å²) in [5.74, 6) is -14.9. The van der Waals surface area contributed by atoms with Gasteiger partial charge in [0.25, 0.3) is 0 Å². The number of likely N-dealkylation sites (N-methyl/N-ethyl adjacent to an activating group) is 7. The van der Waals surface area contributed by atoms with Gasteiger partial charge in [-0.05, 0) is 157 Å². The molecule has 7 aliphatic rings. The highest BCUT2D eigenvalue weighted by Gasteiger charge is 2.60. The Morgan fingerprint density at radius 1 is 0.667 bits per heavy atom. The molecular weight excluding hydrogens is 1410 g/mol. The van der Waals surface area contributed by atoms with Crippen LogP contribution in [-0.4, -0.2) is 276 Å². The summed E-state index contributed by atoms with van der Waals surface area (Å²) in [6.07, 6.45) is -5.01. The number of nitrogens with one attached hydrogen (secondary N) is 3. The number of fused-ring (bicyclic) bond motifs is 3. The number of ether oxygens (including phenoxy) is 1. The lowest BCUT2D eigenvalue weighted by atomic mass is 9.58. The van der Waals surface area contributed by atoms with Gasteiger partial charge in [0.2, 0.25) is 70.9 Å². The van der Waals surface area contributed by atoms with E-state index in [1.54, 1.807) is 46.8 Å². The van der Waals surface area contributed by atoms with Crippen molar-refractivity contribution in [3.05, 3.63) is 12.2 Å². The Morgan fingerprint density at radius 2 is 1.29 bits per heavy atom. The average molecular weight is 1540 g/mol. The van der Waals surface area contributed by atoms with Gasteiger partial charge in [0.1, 0.15) is 53.9 Å². The van der Waals surface area contributed by atoms with Gasteiger partial charge in [-0.3, -0.25) is 57.5 Å². The number of hydrogen-bond acceptors (Lipinski definition) is 13. The first-order chi connectivity index (χ1) is 50.4. The van der Waals surface area contributed by atoms with Gasteiger partial charge in [-0.15, -0.1) is 0 Å². The number of alkyl halides is 6. The maximum atomic E-state index is 15.8. The highest BCUT2D eigenvalue weighted by Crippen LogP contribution is 2.50. The van der Waals surface area contributed by atoms with Crippen LogP contribution in [0.5, 0.6) is 0 Å². The molecule has 12 amide bonds. The third-order valence-corrected chi connectivity index (χ3v) is 24.7. The summed E-state index contributed by atoms with van der Waals surface area (Å²) >= 11 is 0. The summed E-state index contributed by atoms with van der Waals surface area (Å²) in [6, 6.07) is -10.7. The van der Waals surface area contributed by atoms with Gasteiger partial charge < -0.3 is 64.8 Å². The quantitative estimate of drug-likeness (QED) is 0.132. The largest absolute Gasteiger partial charge is 0.394 e. The molecule has 25 nitrogen and oxygen atoms in total. The van der Waals surface area contributed by atoms with Crippen LogP contribution in [0.4, 0.5) is 26.3 Å². The molecule has 3 N–H and O–H groups in total. The molecule has 7 rings (SSSR count). The summed E-state index contributed by atoms with van der Waals surface area (Å²) in [4.78, 5) is 193. The summed E-state index contributed by atoms with van der Waals surface area (Å²) in [5, 5.41) is 8.74. The normalized spacial score (nSPS) is 31.8. The lowest BCUT2D eigenvalue weighted by Gasteiger charge is -2.54. The third-order valence-electron chi connectivity index (χ3n) is 24.7. The molecule has 13 atom stereocenters. The van der Waals surface area contributed by atoms with Gasteiger partial charge in [-0.25, -0.2) is 0 Å². The van der Waals surface area contributed by atoms with Crippen LogP contribution in [0, 0.1) is 52.8 Å². The predicted octanol–water partition coefficient (Wildman–Crippen LogP) is 6.95. The molecule has 4 saturated carbocycles. The molecule has 3 aliphatic heterocycles. The molecule has 0 aromatic heterocycles. The molecule has 2 saturated heterocycles. The number of rotatable bonds is 12. The first kappa shape index (κ1) is 88.1. The monoisotopic (exact) mass is 1540 g/mol. The van der Waals surface area contributed by atoms with E-state index >= 15 is 28.8 Å². The second-order valence-corrected chi connectivity index (χ2v) is 33.7. The summed E-state index contributed by atoms with van der Waals surface area (Å²) < 4.78 is 90.7. The van der Waals surface area contributed by atoms with E-state index in [4.69, 9.17) is 4.74 Å². The zero-order valence-electron chi connectivity index (χ0n) is 66.5. The van der Waals surface area contributed by atoms with Crippen LogP contribution in [0.2, 0.25) is 0 Å². The number of carbonyl (C=O) groups excluding carboxylic acids is 12. The van der Waals surface area contributed by atoms with Gasteiger partial charge in [-0.1, -0.05) is 79.9 Å². The Labute approximate surface area is 633 Å². The standard InChI is InChI=1S/C77H122F6N12O13/c1-17-47(6)62-71(105)89(11)42-61(98)90(12)54-26-20-19-23-35-94(70(54)104)57(37-48-27-31-51(32-28-48)76(78,79)80)69(103)88(10)41-59(96)84-53(34-30-49-29-33-52(77(81,82)83)58(38-49)108-16)67(101)95-40-46(5)36-55(95)65(99)86-75(43-74(7,8)44-75)73(107)93(15)64(50-24-21-22-25-50)72(106)91(13)56(68(102)87(9)18-2)39-60(97)92(14)63(45(3)4)66(100)85-62/h19-20,45-58,62-64H,17-18,21-44H2,1-16H3,(H,84,96)(H,85,100)(H,86,99)/b20-19-/t46-,47-,48?,49?,51?,52?,53-,54-,55-,56-,57-,58?,62-,63-,64-/m0/s1. The van der Waals surface area contributed by atoms with E-state index in [9.17, 15) is 55.1 Å². The van der Waals surface area contributed by atoms with E-state index in [1.165, 1.54) is 85.8 Å². The van der Waals surface area contributed by atoms with Crippen molar-refractivity contribution in [3.63, 3.8) is 0 Å². The maximum Gasteiger partial charge on any atom is 0.394 e. The predicted molar refractivity (Wildman–Crippen MR) is 390 cm³/mol. The van der Waals surface area contributed by atoms with Gasteiger partial charge in [0.15, 0.2) is 0 Å². The Kier molecular flexibility index (Phi) is 30.1. The van der Waals surface area contributed by atoms with Crippen molar-refractivity contribution < 1.29 is 88.6 Å². The van der Waals surface area contributed by atoms with Crippen LogP contribution >= 0.6 is 0 Å². The minimum atomic E-state index is -4.55. The SMILES string of the molecule is CC[C@H](C)[C@@H]1NC(=O)[C@H](C(C)C)N(C)C(=O)C[C@@H](C(=O)N(C)CC)N(C)C(=O)[C@H](C2CCCC2)N(C)C(=O)C2(CC(C)(C)C2)NC(=O)[C@@H]2C[C@H](C)CN2C(=O)[C@H](CCC2CCC(C(F)(F)F)C(OC)C2)NC(=O)CN(C)C(=O)[C@H](CC2CCC(C(F)(F)F)CC2)N2CC/C=C\C[C@@H](C2=O)N(C)C(=O)CN(C)C1=O. The van der Waals surface area contributed by atoms with E-state index in [0.717, 1.165) is 14.7 Å². The smallest absolute Gasteiger partial charge is 0.381 e. The van der Waals surface area contributed by atoms with Crippen molar-refractivity contribution in [1.29, 1.82) is 0 Å². The van der Waals surface area contributed by atoms with Crippen LogP contribution in [0.25, 0.3) is 0 Å². The Balaban J connectivity index is 1.33. The Hall–Kier alpha value is -7.08.